The maximum absolute atomic E-state index is 11.9. The number of nitrogens with zero attached hydrogens (tertiary/aromatic N) is 2. The molecule has 1 atom stereocenters. The van der Waals surface area contributed by atoms with E-state index in [1.807, 2.05) is 12.1 Å². The fraction of sp³-hybridized carbons (Fsp3) is 0.538. The number of halogens is 2. The van der Waals surface area contributed by atoms with Gasteiger partial charge in [0.15, 0.2) is 0 Å². The van der Waals surface area contributed by atoms with Crippen molar-refractivity contribution in [2.24, 2.45) is 5.73 Å². The number of aromatic nitrogens is 1. The van der Waals surface area contributed by atoms with Crippen molar-refractivity contribution in [3.05, 3.63) is 30.1 Å². The number of carbonyl (C=O) groups excluding carboxylic acids is 1. The van der Waals surface area contributed by atoms with Crippen LogP contribution in [0, 0.1) is 0 Å². The Bertz CT molecular complexity index is 362. The molecule has 0 saturated carbocycles. The van der Waals surface area contributed by atoms with Crippen molar-refractivity contribution in [1.82, 2.24) is 9.88 Å². The third-order valence-corrected chi connectivity index (χ3v) is 2.91. The average molecular weight is 324 g/mol. The molecule has 1 amide bonds. The Kier molecular flexibility index (Phi) is 12.8. The topological polar surface area (TPSA) is 68.5 Å². The van der Waals surface area contributed by atoms with Gasteiger partial charge in [0.2, 0.25) is 5.91 Å². The molecule has 116 valence electrons. The van der Waals surface area contributed by atoms with Gasteiger partial charge in [-0.25, -0.2) is 0 Å². The van der Waals surface area contributed by atoms with Crippen molar-refractivity contribution >= 4 is 30.7 Å². The van der Waals surface area contributed by atoms with Gasteiger partial charge in [-0.1, -0.05) is 0 Å². The number of amides is 1. The van der Waals surface area contributed by atoms with E-state index in [1.165, 1.54) is 5.56 Å². The third kappa shape index (κ3) is 7.65. The molecule has 1 rings (SSSR count). The lowest BCUT2D eigenvalue weighted by Crippen LogP contribution is -2.34. The molecule has 0 aliphatic carbocycles. The zero-order valence-corrected chi connectivity index (χ0v) is 13.5. The SMILES string of the molecule is COC(CN)CC(=O)N(C)CCc1ccncc1.Cl.Cl. The Balaban J connectivity index is 0. The quantitative estimate of drug-likeness (QED) is 0.821. The largest absolute Gasteiger partial charge is 0.380 e. The van der Waals surface area contributed by atoms with Gasteiger partial charge in [-0.05, 0) is 24.1 Å². The molecule has 20 heavy (non-hydrogen) atoms. The first kappa shape index (κ1) is 21.4. The highest BCUT2D eigenvalue weighted by molar-refractivity contribution is 5.85. The Labute approximate surface area is 132 Å². The lowest BCUT2D eigenvalue weighted by atomic mass is 10.2. The smallest absolute Gasteiger partial charge is 0.224 e. The van der Waals surface area contributed by atoms with E-state index in [2.05, 4.69) is 4.98 Å². The first-order valence-corrected chi connectivity index (χ1v) is 6.03. The van der Waals surface area contributed by atoms with E-state index in [0.29, 0.717) is 19.5 Å². The molecule has 0 bridgehead atoms. The zero-order valence-electron chi connectivity index (χ0n) is 11.8. The summed E-state index contributed by atoms with van der Waals surface area (Å²) in [4.78, 5) is 17.5. The van der Waals surface area contributed by atoms with Gasteiger partial charge in [0.25, 0.3) is 0 Å². The van der Waals surface area contributed by atoms with Crippen LogP contribution in [0.2, 0.25) is 0 Å². The van der Waals surface area contributed by atoms with Gasteiger partial charge < -0.3 is 15.4 Å². The molecule has 5 nitrogen and oxygen atoms in total. The molecule has 1 unspecified atom stereocenters. The third-order valence-electron chi connectivity index (χ3n) is 2.91. The molecule has 1 heterocycles. The number of methoxy groups -OCH3 is 1. The van der Waals surface area contributed by atoms with Crippen molar-refractivity contribution in [2.45, 2.75) is 18.9 Å². The highest BCUT2D eigenvalue weighted by Gasteiger charge is 2.14. The fourth-order valence-electron chi connectivity index (χ4n) is 1.58. The predicted molar refractivity (Wildman–Crippen MR) is 84.5 cm³/mol. The lowest BCUT2D eigenvalue weighted by Gasteiger charge is -2.20. The first-order valence-electron chi connectivity index (χ1n) is 6.03. The summed E-state index contributed by atoms with van der Waals surface area (Å²) in [7, 11) is 3.37. The summed E-state index contributed by atoms with van der Waals surface area (Å²) >= 11 is 0. The second-order valence-electron chi connectivity index (χ2n) is 4.22. The number of ether oxygens (including phenoxy) is 1. The maximum atomic E-state index is 11.9. The first-order chi connectivity index (χ1) is 8.67. The van der Waals surface area contributed by atoms with Crippen LogP contribution in [-0.4, -0.2) is 49.1 Å². The van der Waals surface area contributed by atoms with E-state index in [4.69, 9.17) is 10.5 Å². The second kappa shape index (κ2) is 11.9. The second-order valence-corrected chi connectivity index (χ2v) is 4.22. The molecule has 0 radical (unpaired) electrons. The van der Waals surface area contributed by atoms with Crippen LogP contribution in [-0.2, 0) is 16.0 Å². The standard InChI is InChI=1S/C13H21N3O2.2ClH/c1-16(13(17)9-12(10-14)18-2)8-5-11-3-6-15-7-4-11;;/h3-4,6-7,12H,5,8-10,14H2,1-2H3;2*1H. The molecule has 0 aliphatic rings. The van der Waals surface area contributed by atoms with Gasteiger partial charge >= 0.3 is 0 Å². The van der Waals surface area contributed by atoms with Crippen LogP contribution in [0.15, 0.2) is 24.5 Å². The van der Waals surface area contributed by atoms with Crippen LogP contribution in [0.4, 0.5) is 0 Å². The van der Waals surface area contributed by atoms with Crippen molar-refractivity contribution in [1.29, 1.82) is 0 Å². The van der Waals surface area contributed by atoms with Gasteiger partial charge in [0.1, 0.15) is 0 Å². The van der Waals surface area contributed by atoms with Crippen LogP contribution in [0.5, 0.6) is 0 Å². The van der Waals surface area contributed by atoms with Gasteiger partial charge in [0.05, 0.1) is 12.5 Å². The molecule has 0 saturated heterocycles. The van der Waals surface area contributed by atoms with Crippen LogP contribution in [0.1, 0.15) is 12.0 Å². The van der Waals surface area contributed by atoms with Crippen molar-refractivity contribution < 1.29 is 9.53 Å². The summed E-state index contributed by atoms with van der Waals surface area (Å²) in [6.45, 7) is 1.05. The highest BCUT2D eigenvalue weighted by atomic mass is 35.5. The normalized spacial score (nSPS) is 10.9. The molecular weight excluding hydrogens is 301 g/mol. The number of nitrogens with two attached hydrogens (primary N) is 1. The Morgan fingerprint density at radius 3 is 2.50 bits per heavy atom. The van der Waals surface area contributed by atoms with Crippen LogP contribution in [0.25, 0.3) is 0 Å². The Morgan fingerprint density at radius 2 is 2.00 bits per heavy atom. The molecular formula is C13H23Cl2N3O2. The summed E-state index contributed by atoms with van der Waals surface area (Å²) in [6, 6.07) is 3.91. The van der Waals surface area contributed by atoms with Gasteiger partial charge in [-0.15, -0.1) is 24.8 Å². The van der Waals surface area contributed by atoms with E-state index in [-0.39, 0.29) is 36.8 Å². The van der Waals surface area contributed by atoms with Gasteiger partial charge in [-0.2, -0.15) is 0 Å². The Hall–Kier alpha value is -0.880. The van der Waals surface area contributed by atoms with E-state index in [0.717, 1.165) is 6.42 Å². The maximum Gasteiger partial charge on any atom is 0.224 e. The molecule has 0 fully saturated rings. The summed E-state index contributed by atoms with van der Waals surface area (Å²) in [6.07, 6.45) is 4.48. The lowest BCUT2D eigenvalue weighted by molar-refractivity contribution is -0.132. The van der Waals surface area contributed by atoms with Crippen LogP contribution >= 0.6 is 24.8 Å². The van der Waals surface area contributed by atoms with E-state index >= 15 is 0 Å². The zero-order chi connectivity index (χ0) is 13.4. The molecule has 1 aromatic rings. The summed E-state index contributed by atoms with van der Waals surface area (Å²) in [5, 5.41) is 0. The average Bonchev–Trinajstić information content (AvgIpc) is 2.42. The van der Waals surface area contributed by atoms with E-state index < -0.39 is 0 Å². The van der Waals surface area contributed by atoms with E-state index in [1.54, 1.807) is 31.5 Å². The number of hydrogen-bond acceptors (Lipinski definition) is 4. The minimum Gasteiger partial charge on any atom is -0.380 e. The van der Waals surface area contributed by atoms with Crippen molar-refractivity contribution in [2.75, 3.05) is 27.2 Å². The number of carbonyl (C=O) groups is 1. The number of rotatable bonds is 7. The number of likely N-dealkylation sites (N-methyl/N-ethyl adjacent to an activating group) is 1. The Morgan fingerprint density at radius 1 is 1.40 bits per heavy atom. The molecule has 2 N–H and O–H groups in total. The monoisotopic (exact) mass is 323 g/mol. The van der Waals surface area contributed by atoms with Crippen LogP contribution < -0.4 is 5.73 Å². The minimum absolute atomic E-state index is 0. The summed E-state index contributed by atoms with van der Waals surface area (Å²) in [5.41, 5.74) is 6.67. The van der Waals surface area contributed by atoms with Crippen LogP contribution in [0.3, 0.4) is 0 Å². The van der Waals surface area contributed by atoms with E-state index in [9.17, 15) is 4.79 Å². The van der Waals surface area contributed by atoms with Crippen molar-refractivity contribution in [3.8, 4) is 0 Å². The van der Waals surface area contributed by atoms with Crippen molar-refractivity contribution in [3.63, 3.8) is 0 Å². The number of hydrogen-bond donors (Lipinski definition) is 1. The minimum atomic E-state index is -0.194. The predicted octanol–water partition coefficient (Wildman–Crippen LogP) is 1.29. The summed E-state index contributed by atoms with van der Waals surface area (Å²) < 4.78 is 5.10. The molecule has 1 aromatic heterocycles. The summed E-state index contributed by atoms with van der Waals surface area (Å²) in [5.74, 6) is 0.0568. The molecule has 0 spiro atoms. The molecule has 0 aromatic carbocycles. The molecule has 7 heteroatoms. The fourth-order valence-corrected chi connectivity index (χ4v) is 1.58. The van der Waals surface area contributed by atoms with Gasteiger partial charge in [-0.3, -0.25) is 9.78 Å². The number of pyridine rings is 1. The van der Waals surface area contributed by atoms with Gasteiger partial charge in [0, 0.05) is 39.6 Å². The highest BCUT2D eigenvalue weighted by Crippen LogP contribution is 2.03. The molecule has 0 aliphatic heterocycles.